The van der Waals surface area contributed by atoms with Crippen molar-refractivity contribution >= 4 is 34.6 Å². The van der Waals surface area contributed by atoms with Crippen molar-refractivity contribution in [1.29, 1.82) is 0 Å². The minimum atomic E-state index is -0.249. The number of fused-ring (bicyclic) bond motifs is 1. The average Bonchev–Trinajstić information content (AvgIpc) is 3.29. The molecule has 4 rings (SSSR count). The number of benzene rings is 2. The number of allylic oxidation sites excluding steroid dienone is 2. The molecule has 2 aromatic carbocycles. The van der Waals surface area contributed by atoms with Crippen LogP contribution < -0.4 is 4.74 Å². The van der Waals surface area contributed by atoms with Gasteiger partial charge in [0.25, 0.3) is 0 Å². The number of rotatable bonds is 9. The highest BCUT2D eigenvalue weighted by atomic mass is 16.5. The summed E-state index contributed by atoms with van der Waals surface area (Å²) in [5.41, 5.74) is 3.61. The Bertz CT molecular complexity index is 1290. The van der Waals surface area contributed by atoms with Crippen molar-refractivity contribution in [3.8, 4) is 5.75 Å². The largest absolute Gasteiger partial charge is 0.487 e. The molecule has 0 aliphatic heterocycles. The monoisotopic (exact) mass is 422 g/mol. The summed E-state index contributed by atoms with van der Waals surface area (Å²) in [5, 5.41) is 1.07. The van der Waals surface area contributed by atoms with Crippen LogP contribution in [-0.2, 0) is 16.2 Å². The van der Waals surface area contributed by atoms with E-state index in [9.17, 15) is 9.59 Å². The number of ketones is 2. The van der Waals surface area contributed by atoms with Crippen LogP contribution >= 0.6 is 0 Å². The average molecular weight is 422 g/mol. The SMILES string of the molecule is O=C(/C=C/c1cccc(OCc2ccccn2)c1)CC(=O)/C=C/c1ccc2[nH]ccc2c1. The first-order valence-corrected chi connectivity index (χ1v) is 10.3. The van der Waals surface area contributed by atoms with Crippen LogP contribution in [0.1, 0.15) is 23.2 Å². The summed E-state index contributed by atoms with van der Waals surface area (Å²) in [6.45, 7) is 0.366. The number of nitrogens with one attached hydrogen (secondary N) is 1. The van der Waals surface area contributed by atoms with E-state index in [1.807, 2.05) is 72.9 Å². The quantitative estimate of drug-likeness (QED) is 0.290. The van der Waals surface area contributed by atoms with Gasteiger partial charge in [-0.2, -0.15) is 0 Å². The van der Waals surface area contributed by atoms with Crippen molar-refractivity contribution in [3.63, 3.8) is 0 Å². The fourth-order valence-corrected chi connectivity index (χ4v) is 3.19. The van der Waals surface area contributed by atoms with Crippen LogP contribution in [-0.4, -0.2) is 21.5 Å². The van der Waals surface area contributed by atoms with Crippen LogP contribution in [0, 0.1) is 0 Å². The summed E-state index contributed by atoms with van der Waals surface area (Å²) in [4.78, 5) is 31.7. The zero-order chi connectivity index (χ0) is 22.2. The molecule has 0 radical (unpaired) electrons. The standard InChI is InChI=1S/C27H22N2O3/c30-24(18-25(31)11-8-21-9-12-27-22(16-21)13-15-29-27)10-7-20-4-3-6-26(17-20)32-19-23-5-1-2-14-28-23/h1-17,29H,18-19H2/b10-7+,11-8+. The number of hydrogen-bond acceptors (Lipinski definition) is 4. The van der Waals surface area contributed by atoms with Crippen LogP contribution in [0.5, 0.6) is 5.75 Å². The van der Waals surface area contributed by atoms with E-state index in [1.165, 1.54) is 12.2 Å². The van der Waals surface area contributed by atoms with Gasteiger partial charge in [0.05, 0.1) is 12.1 Å². The predicted octanol–water partition coefficient (Wildman–Crippen LogP) is 5.40. The molecule has 0 amide bonds. The number of ether oxygens (including phenoxy) is 1. The van der Waals surface area contributed by atoms with Crippen LogP contribution in [0.25, 0.3) is 23.1 Å². The normalized spacial score (nSPS) is 11.4. The molecule has 4 aromatic rings. The van der Waals surface area contributed by atoms with Crippen molar-refractivity contribution < 1.29 is 14.3 Å². The highest BCUT2D eigenvalue weighted by Crippen LogP contribution is 2.17. The van der Waals surface area contributed by atoms with Crippen molar-refractivity contribution in [2.75, 3.05) is 0 Å². The Morgan fingerprint density at radius 3 is 2.47 bits per heavy atom. The zero-order valence-electron chi connectivity index (χ0n) is 17.4. The number of hydrogen-bond donors (Lipinski definition) is 1. The topological polar surface area (TPSA) is 72.0 Å². The maximum absolute atomic E-state index is 12.2. The first-order chi connectivity index (χ1) is 15.7. The molecule has 0 fully saturated rings. The second-order valence-electron chi connectivity index (χ2n) is 7.28. The van der Waals surface area contributed by atoms with Gasteiger partial charge in [-0.05, 0) is 71.1 Å². The summed E-state index contributed by atoms with van der Waals surface area (Å²) in [7, 11) is 0. The maximum Gasteiger partial charge on any atom is 0.163 e. The number of carbonyl (C=O) groups excluding carboxylic acids is 2. The Labute approximate surface area is 186 Å². The fourth-order valence-electron chi connectivity index (χ4n) is 3.19. The number of H-pyrrole nitrogens is 1. The van der Waals surface area contributed by atoms with E-state index in [0.717, 1.165) is 27.7 Å². The molecule has 0 atom stereocenters. The Hall–Kier alpha value is -4.25. The minimum absolute atomic E-state index is 0.171. The van der Waals surface area contributed by atoms with Crippen LogP contribution in [0.3, 0.4) is 0 Å². The van der Waals surface area contributed by atoms with E-state index >= 15 is 0 Å². The van der Waals surface area contributed by atoms with Crippen molar-refractivity contribution in [2.24, 2.45) is 0 Å². The molecule has 5 heteroatoms. The van der Waals surface area contributed by atoms with Crippen molar-refractivity contribution in [3.05, 3.63) is 108 Å². The molecule has 5 nitrogen and oxygen atoms in total. The predicted molar refractivity (Wildman–Crippen MR) is 126 cm³/mol. The molecule has 0 bridgehead atoms. The molecule has 0 saturated carbocycles. The molecular weight excluding hydrogens is 400 g/mol. The zero-order valence-corrected chi connectivity index (χ0v) is 17.4. The lowest BCUT2D eigenvalue weighted by Crippen LogP contribution is -2.02. The lowest BCUT2D eigenvalue weighted by Gasteiger charge is -2.06. The summed E-state index contributed by atoms with van der Waals surface area (Å²) < 4.78 is 5.75. The molecule has 0 unspecified atom stereocenters. The molecule has 32 heavy (non-hydrogen) atoms. The maximum atomic E-state index is 12.2. The van der Waals surface area contributed by atoms with Crippen LogP contribution in [0.2, 0.25) is 0 Å². The second-order valence-corrected chi connectivity index (χ2v) is 7.28. The van der Waals surface area contributed by atoms with Gasteiger partial charge in [0.15, 0.2) is 11.6 Å². The van der Waals surface area contributed by atoms with E-state index < -0.39 is 0 Å². The first kappa shape index (κ1) is 21.0. The van der Waals surface area contributed by atoms with Crippen LogP contribution in [0.4, 0.5) is 0 Å². The minimum Gasteiger partial charge on any atom is -0.487 e. The van der Waals surface area contributed by atoms with Gasteiger partial charge in [-0.15, -0.1) is 0 Å². The molecule has 0 saturated heterocycles. The highest BCUT2D eigenvalue weighted by molar-refractivity contribution is 6.11. The Kier molecular flexibility index (Phi) is 6.68. The van der Waals surface area contributed by atoms with E-state index in [4.69, 9.17) is 4.74 Å². The number of carbonyl (C=O) groups is 2. The lowest BCUT2D eigenvalue weighted by molar-refractivity contribution is -0.121. The summed E-state index contributed by atoms with van der Waals surface area (Å²) in [5.74, 6) is 0.199. The number of aromatic amines is 1. The fraction of sp³-hybridized carbons (Fsp3) is 0.0741. The van der Waals surface area contributed by atoms with Gasteiger partial charge in [0, 0.05) is 17.9 Å². The van der Waals surface area contributed by atoms with E-state index in [-0.39, 0.29) is 18.0 Å². The molecule has 0 aliphatic carbocycles. The molecular formula is C27H22N2O3. The number of nitrogens with zero attached hydrogens (tertiary/aromatic N) is 1. The molecule has 0 spiro atoms. The molecule has 2 heterocycles. The van der Waals surface area contributed by atoms with Gasteiger partial charge in [0.2, 0.25) is 0 Å². The van der Waals surface area contributed by atoms with Gasteiger partial charge >= 0.3 is 0 Å². The summed E-state index contributed by atoms with van der Waals surface area (Å²) >= 11 is 0. The van der Waals surface area contributed by atoms with Gasteiger partial charge in [0.1, 0.15) is 12.4 Å². The second kappa shape index (κ2) is 10.2. The third-order valence-corrected chi connectivity index (χ3v) is 4.82. The Morgan fingerprint density at radius 2 is 1.69 bits per heavy atom. The third-order valence-electron chi connectivity index (χ3n) is 4.82. The third kappa shape index (κ3) is 5.89. The molecule has 158 valence electrons. The van der Waals surface area contributed by atoms with Gasteiger partial charge in [-0.1, -0.05) is 36.4 Å². The molecule has 1 N–H and O–H groups in total. The number of pyridine rings is 1. The van der Waals surface area contributed by atoms with Gasteiger partial charge in [-0.3, -0.25) is 14.6 Å². The highest BCUT2D eigenvalue weighted by Gasteiger charge is 2.04. The summed E-state index contributed by atoms with van der Waals surface area (Å²) in [6, 6.07) is 20.9. The first-order valence-electron chi connectivity index (χ1n) is 10.3. The van der Waals surface area contributed by atoms with Crippen molar-refractivity contribution in [1.82, 2.24) is 9.97 Å². The van der Waals surface area contributed by atoms with Gasteiger partial charge in [-0.25, -0.2) is 0 Å². The van der Waals surface area contributed by atoms with Crippen molar-refractivity contribution in [2.45, 2.75) is 13.0 Å². The number of aromatic nitrogens is 2. The van der Waals surface area contributed by atoms with E-state index in [1.54, 1.807) is 18.3 Å². The van der Waals surface area contributed by atoms with Gasteiger partial charge < -0.3 is 9.72 Å². The van der Waals surface area contributed by atoms with E-state index in [2.05, 4.69) is 9.97 Å². The molecule has 0 aliphatic rings. The lowest BCUT2D eigenvalue weighted by atomic mass is 10.1. The van der Waals surface area contributed by atoms with Crippen LogP contribution in [0.15, 0.2) is 91.3 Å². The molecule has 2 aromatic heterocycles. The van der Waals surface area contributed by atoms with E-state index in [0.29, 0.717) is 12.4 Å². The smallest absolute Gasteiger partial charge is 0.163 e. The summed E-state index contributed by atoms with van der Waals surface area (Å²) in [6.07, 6.45) is 9.72. The Balaban J connectivity index is 1.30. The Morgan fingerprint density at radius 1 is 0.875 bits per heavy atom.